The van der Waals surface area contributed by atoms with Crippen molar-refractivity contribution in [2.75, 3.05) is 0 Å². The largest absolute Gasteiger partial charge is 0.508 e. The molecule has 100 valence electrons. The molecule has 0 bridgehead atoms. The smallest absolute Gasteiger partial charge is 0.322 e. The molecule has 0 amide bonds. The molecule has 0 unspecified atom stereocenters. The summed E-state index contributed by atoms with van der Waals surface area (Å²) in [6, 6.07) is 13.1. The summed E-state index contributed by atoms with van der Waals surface area (Å²) in [5.41, 5.74) is 1.73. The molecular formula is C16H14N2O2. The number of aromatic hydroxyl groups is 1. The van der Waals surface area contributed by atoms with Gasteiger partial charge in [0.1, 0.15) is 11.5 Å². The van der Waals surface area contributed by atoms with Crippen LogP contribution in [0.3, 0.4) is 0 Å². The van der Waals surface area contributed by atoms with Crippen molar-refractivity contribution in [1.29, 1.82) is 0 Å². The van der Waals surface area contributed by atoms with Gasteiger partial charge in [0.25, 0.3) is 0 Å². The molecule has 1 N–H and O–H groups in total. The van der Waals surface area contributed by atoms with E-state index < -0.39 is 0 Å². The SMILES string of the molecule is Cc1cc(C)nc(Oc2ccc3ccc(O)cc3c2)n1. The minimum Gasteiger partial charge on any atom is -0.508 e. The monoisotopic (exact) mass is 266 g/mol. The topological polar surface area (TPSA) is 55.2 Å². The minimum atomic E-state index is 0.234. The van der Waals surface area contributed by atoms with E-state index in [1.54, 1.807) is 12.1 Å². The lowest BCUT2D eigenvalue weighted by molar-refractivity contribution is 0.439. The second-order valence-corrected chi connectivity index (χ2v) is 4.73. The quantitative estimate of drug-likeness (QED) is 0.767. The van der Waals surface area contributed by atoms with Crippen LogP contribution in [0.5, 0.6) is 17.5 Å². The van der Waals surface area contributed by atoms with E-state index in [0.717, 1.165) is 22.2 Å². The van der Waals surface area contributed by atoms with Crippen LogP contribution in [0.15, 0.2) is 42.5 Å². The highest BCUT2D eigenvalue weighted by molar-refractivity contribution is 5.85. The molecule has 3 aromatic rings. The minimum absolute atomic E-state index is 0.234. The first kappa shape index (κ1) is 12.4. The highest BCUT2D eigenvalue weighted by Crippen LogP contribution is 2.26. The van der Waals surface area contributed by atoms with Crippen LogP contribution in [0.1, 0.15) is 11.4 Å². The molecule has 4 heteroatoms. The molecule has 0 fully saturated rings. The normalized spacial score (nSPS) is 10.7. The number of benzene rings is 2. The van der Waals surface area contributed by atoms with E-state index in [0.29, 0.717) is 11.8 Å². The third-order valence-electron chi connectivity index (χ3n) is 2.97. The van der Waals surface area contributed by atoms with E-state index in [-0.39, 0.29) is 5.75 Å². The summed E-state index contributed by atoms with van der Waals surface area (Å²) in [7, 11) is 0. The van der Waals surface area contributed by atoms with Gasteiger partial charge in [0.15, 0.2) is 0 Å². The Bertz CT molecular complexity index is 764. The van der Waals surface area contributed by atoms with E-state index in [4.69, 9.17) is 4.74 Å². The Labute approximate surface area is 116 Å². The molecule has 1 heterocycles. The summed E-state index contributed by atoms with van der Waals surface area (Å²) in [4.78, 5) is 8.49. The van der Waals surface area contributed by atoms with E-state index in [1.165, 1.54) is 0 Å². The van der Waals surface area contributed by atoms with Gasteiger partial charge in [-0.25, -0.2) is 9.97 Å². The van der Waals surface area contributed by atoms with Crippen molar-refractivity contribution in [2.24, 2.45) is 0 Å². The average Bonchev–Trinajstić information content (AvgIpc) is 2.37. The van der Waals surface area contributed by atoms with E-state index in [9.17, 15) is 5.11 Å². The van der Waals surface area contributed by atoms with E-state index in [1.807, 2.05) is 44.2 Å². The van der Waals surface area contributed by atoms with Crippen LogP contribution < -0.4 is 4.74 Å². The fourth-order valence-electron chi connectivity index (χ4n) is 2.12. The first-order valence-corrected chi connectivity index (χ1v) is 6.33. The Kier molecular flexibility index (Phi) is 2.99. The van der Waals surface area contributed by atoms with Gasteiger partial charge >= 0.3 is 6.01 Å². The zero-order valence-electron chi connectivity index (χ0n) is 11.3. The third kappa shape index (κ3) is 2.54. The zero-order valence-corrected chi connectivity index (χ0v) is 11.3. The van der Waals surface area contributed by atoms with Crippen molar-refractivity contribution in [3.05, 3.63) is 53.9 Å². The Morgan fingerprint density at radius 3 is 2.30 bits per heavy atom. The summed E-state index contributed by atoms with van der Waals surface area (Å²) in [5, 5.41) is 11.5. The number of rotatable bonds is 2. The number of phenolic OH excluding ortho intramolecular Hbond substituents is 1. The lowest BCUT2D eigenvalue weighted by Gasteiger charge is -2.07. The van der Waals surface area contributed by atoms with Gasteiger partial charge in [-0.05, 0) is 55.0 Å². The maximum Gasteiger partial charge on any atom is 0.322 e. The molecule has 0 saturated carbocycles. The van der Waals surface area contributed by atoms with Gasteiger partial charge < -0.3 is 9.84 Å². The van der Waals surface area contributed by atoms with Crippen molar-refractivity contribution < 1.29 is 9.84 Å². The average molecular weight is 266 g/mol. The van der Waals surface area contributed by atoms with Crippen molar-refractivity contribution in [1.82, 2.24) is 9.97 Å². The van der Waals surface area contributed by atoms with Gasteiger partial charge in [-0.3, -0.25) is 0 Å². The van der Waals surface area contributed by atoms with Gasteiger partial charge in [-0.1, -0.05) is 12.1 Å². The van der Waals surface area contributed by atoms with Gasteiger partial charge in [-0.2, -0.15) is 0 Å². The van der Waals surface area contributed by atoms with Crippen LogP contribution in [-0.2, 0) is 0 Å². The summed E-state index contributed by atoms with van der Waals surface area (Å²) in [5.74, 6) is 0.880. The van der Waals surface area contributed by atoms with Crippen LogP contribution >= 0.6 is 0 Å². The van der Waals surface area contributed by atoms with Gasteiger partial charge in [0.05, 0.1) is 0 Å². The molecule has 0 saturated heterocycles. The Morgan fingerprint density at radius 1 is 0.850 bits per heavy atom. The molecule has 0 atom stereocenters. The van der Waals surface area contributed by atoms with Crippen molar-refractivity contribution in [3.63, 3.8) is 0 Å². The van der Waals surface area contributed by atoms with E-state index in [2.05, 4.69) is 9.97 Å². The van der Waals surface area contributed by atoms with Gasteiger partial charge in [-0.15, -0.1) is 0 Å². The predicted octanol–water partition coefficient (Wildman–Crippen LogP) is 3.74. The molecule has 0 spiro atoms. The molecule has 2 aromatic carbocycles. The number of aromatic nitrogens is 2. The number of nitrogens with zero attached hydrogens (tertiary/aromatic N) is 2. The maximum atomic E-state index is 9.52. The Hall–Kier alpha value is -2.62. The number of hydrogen-bond donors (Lipinski definition) is 1. The molecule has 0 aliphatic carbocycles. The molecule has 0 aliphatic heterocycles. The third-order valence-corrected chi connectivity index (χ3v) is 2.97. The Balaban J connectivity index is 1.97. The van der Waals surface area contributed by atoms with Gasteiger partial charge in [0.2, 0.25) is 0 Å². The summed E-state index contributed by atoms with van der Waals surface area (Å²) in [6.07, 6.45) is 0. The standard InChI is InChI=1S/C16H14N2O2/c1-10-7-11(2)18-16(17-10)20-15-6-4-12-3-5-14(19)8-13(12)9-15/h3-9,19H,1-2H3. The lowest BCUT2D eigenvalue weighted by atomic mass is 10.1. The molecule has 20 heavy (non-hydrogen) atoms. The second kappa shape index (κ2) is 4.81. The summed E-state index contributed by atoms with van der Waals surface area (Å²) in [6.45, 7) is 3.81. The molecular weight excluding hydrogens is 252 g/mol. The molecule has 0 radical (unpaired) electrons. The fraction of sp³-hybridized carbons (Fsp3) is 0.125. The van der Waals surface area contributed by atoms with Crippen LogP contribution in [0.2, 0.25) is 0 Å². The van der Waals surface area contributed by atoms with Crippen LogP contribution in [0, 0.1) is 13.8 Å². The molecule has 3 rings (SSSR count). The maximum absolute atomic E-state index is 9.52. The van der Waals surface area contributed by atoms with Gasteiger partial charge in [0, 0.05) is 11.4 Å². The van der Waals surface area contributed by atoms with Crippen molar-refractivity contribution >= 4 is 10.8 Å². The number of hydrogen-bond acceptors (Lipinski definition) is 4. The Morgan fingerprint density at radius 2 is 1.55 bits per heavy atom. The first-order valence-electron chi connectivity index (χ1n) is 6.33. The highest BCUT2D eigenvalue weighted by atomic mass is 16.5. The molecule has 1 aromatic heterocycles. The highest BCUT2D eigenvalue weighted by Gasteiger charge is 2.04. The summed E-state index contributed by atoms with van der Waals surface area (Å²) < 4.78 is 5.68. The zero-order chi connectivity index (χ0) is 14.1. The fourth-order valence-corrected chi connectivity index (χ4v) is 2.12. The molecule has 0 aliphatic rings. The van der Waals surface area contributed by atoms with Crippen molar-refractivity contribution in [2.45, 2.75) is 13.8 Å². The van der Waals surface area contributed by atoms with E-state index >= 15 is 0 Å². The summed E-state index contributed by atoms with van der Waals surface area (Å²) >= 11 is 0. The molecule has 4 nitrogen and oxygen atoms in total. The number of aryl methyl sites for hydroxylation is 2. The van der Waals surface area contributed by atoms with Crippen LogP contribution in [-0.4, -0.2) is 15.1 Å². The van der Waals surface area contributed by atoms with Crippen LogP contribution in [0.4, 0.5) is 0 Å². The number of phenols is 1. The lowest BCUT2D eigenvalue weighted by Crippen LogP contribution is -1.95. The first-order chi connectivity index (χ1) is 9.60. The van der Waals surface area contributed by atoms with Crippen molar-refractivity contribution in [3.8, 4) is 17.5 Å². The second-order valence-electron chi connectivity index (χ2n) is 4.73. The number of fused-ring (bicyclic) bond motifs is 1. The number of ether oxygens (including phenoxy) is 1. The predicted molar refractivity (Wildman–Crippen MR) is 77.2 cm³/mol. The van der Waals surface area contributed by atoms with Crippen LogP contribution in [0.25, 0.3) is 10.8 Å².